The van der Waals surface area contributed by atoms with Gasteiger partial charge in [0.15, 0.2) is 0 Å². The number of sulfonamides is 1. The van der Waals surface area contributed by atoms with Crippen LogP contribution in [0, 0.1) is 0 Å². The van der Waals surface area contributed by atoms with E-state index in [1.165, 1.54) is 48.5 Å². The van der Waals surface area contributed by atoms with E-state index in [-0.39, 0.29) is 4.90 Å². The van der Waals surface area contributed by atoms with Gasteiger partial charge in [-0.05, 0) is 66.7 Å². The average molecular weight is 489 g/mol. The van der Waals surface area contributed by atoms with Crippen molar-refractivity contribution in [2.75, 3.05) is 10.0 Å². The number of anilines is 2. The molecule has 0 unspecified atom stereocenters. The van der Waals surface area contributed by atoms with Crippen LogP contribution in [0.15, 0.2) is 71.6 Å². The highest BCUT2D eigenvalue weighted by molar-refractivity contribution is 7.92. The second kappa shape index (κ2) is 8.78. The van der Waals surface area contributed by atoms with Gasteiger partial charge in [0.05, 0.1) is 16.1 Å². The normalized spacial score (nSPS) is 11.8. The Labute approximate surface area is 185 Å². The third-order valence-corrected chi connectivity index (χ3v) is 5.90. The quantitative estimate of drug-likeness (QED) is 0.457. The minimum absolute atomic E-state index is 0.207. The van der Waals surface area contributed by atoms with Crippen molar-refractivity contribution >= 4 is 50.5 Å². The average Bonchev–Trinajstić information content (AvgIpc) is 2.69. The van der Waals surface area contributed by atoms with Crippen LogP contribution in [-0.4, -0.2) is 14.3 Å². The van der Waals surface area contributed by atoms with Crippen LogP contribution in [0.25, 0.3) is 0 Å². The predicted octanol–water partition coefficient (Wildman–Crippen LogP) is 6.07. The number of alkyl halides is 3. The van der Waals surface area contributed by atoms with Gasteiger partial charge in [-0.15, -0.1) is 0 Å². The standard InChI is InChI=1S/C20H13Cl2F3N2O3S/c21-14-1-5-16(6-2-14)26-19(28)12-9-13(20(23,24)25)11-17(10-12)27-31(29,30)18-7-3-15(22)4-8-18/h1-11,27H,(H,26,28). The number of benzene rings is 3. The molecule has 0 fully saturated rings. The number of halogens is 5. The highest BCUT2D eigenvalue weighted by atomic mass is 35.5. The van der Waals surface area contributed by atoms with Crippen LogP contribution in [0.2, 0.25) is 10.0 Å². The van der Waals surface area contributed by atoms with E-state index in [2.05, 4.69) is 10.0 Å². The van der Waals surface area contributed by atoms with Gasteiger partial charge in [0.1, 0.15) is 0 Å². The Morgan fingerprint density at radius 1 is 0.806 bits per heavy atom. The molecule has 0 saturated carbocycles. The Hall–Kier alpha value is -2.75. The fourth-order valence-electron chi connectivity index (χ4n) is 2.55. The molecule has 0 radical (unpaired) electrons. The summed E-state index contributed by atoms with van der Waals surface area (Å²) in [6.45, 7) is 0. The molecule has 0 spiro atoms. The molecule has 1 amide bonds. The van der Waals surface area contributed by atoms with Crippen LogP contribution in [0.5, 0.6) is 0 Å². The lowest BCUT2D eigenvalue weighted by Crippen LogP contribution is -2.17. The fourth-order valence-corrected chi connectivity index (χ4v) is 3.84. The van der Waals surface area contributed by atoms with Crippen LogP contribution in [0.1, 0.15) is 15.9 Å². The molecule has 3 aromatic rings. The van der Waals surface area contributed by atoms with Gasteiger partial charge in [-0.1, -0.05) is 23.2 Å². The number of carbonyl (C=O) groups excluding carboxylic acids is 1. The topological polar surface area (TPSA) is 75.3 Å². The maximum Gasteiger partial charge on any atom is 0.416 e. The smallest absolute Gasteiger partial charge is 0.322 e. The van der Waals surface area contributed by atoms with Crippen LogP contribution in [-0.2, 0) is 16.2 Å². The first kappa shape index (κ1) is 22.9. The molecule has 0 saturated heterocycles. The minimum atomic E-state index is -4.81. The highest BCUT2D eigenvalue weighted by Gasteiger charge is 2.32. The monoisotopic (exact) mass is 488 g/mol. The van der Waals surface area contributed by atoms with E-state index in [1.807, 2.05) is 0 Å². The summed E-state index contributed by atoms with van der Waals surface area (Å²) in [4.78, 5) is 12.3. The first-order chi connectivity index (χ1) is 14.4. The summed E-state index contributed by atoms with van der Waals surface area (Å²) in [5.74, 6) is -0.861. The van der Waals surface area contributed by atoms with E-state index < -0.39 is 38.9 Å². The summed E-state index contributed by atoms with van der Waals surface area (Å²) in [5, 5.41) is 3.14. The van der Waals surface area contributed by atoms with Crippen molar-refractivity contribution in [3.8, 4) is 0 Å². The molecule has 3 rings (SSSR count). The third kappa shape index (κ3) is 5.90. The van der Waals surface area contributed by atoms with Gasteiger partial charge < -0.3 is 5.32 Å². The fraction of sp³-hybridized carbons (Fsp3) is 0.0500. The molecule has 5 nitrogen and oxygen atoms in total. The molecule has 0 heterocycles. The second-order valence-corrected chi connectivity index (χ2v) is 8.87. The molecule has 162 valence electrons. The van der Waals surface area contributed by atoms with Crippen LogP contribution < -0.4 is 10.0 Å². The Kier molecular flexibility index (Phi) is 6.49. The summed E-state index contributed by atoms with van der Waals surface area (Å²) >= 11 is 11.5. The van der Waals surface area contributed by atoms with Gasteiger partial charge in [-0.3, -0.25) is 9.52 Å². The van der Waals surface area contributed by atoms with Gasteiger partial charge in [-0.25, -0.2) is 8.42 Å². The van der Waals surface area contributed by atoms with Crippen LogP contribution in [0.4, 0.5) is 24.5 Å². The van der Waals surface area contributed by atoms with E-state index in [4.69, 9.17) is 23.2 Å². The summed E-state index contributed by atoms with van der Waals surface area (Å²) in [5.41, 5.74) is -1.70. The van der Waals surface area contributed by atoms with Crippen molar-refractivity contribution < 1.29 is 26.4 Å². The number of rotatable bonds is 5. The maximum atomic E-state index is 13.3. The zero-order chi connectivity index (χ0) is 22.8. The first-order valence-corrected chi connectivity index (χ1v) is 10.8. The van der Waals surface area contributed by atoms with Gasteiger partial charge >= 0.3 is 6.18 Å². The summed E-state index contributed by atoms with van der Waals surface area (Å²) in [6.07, 6.45) is -4.81. The second-order valence-electron chi connectivity index (χ2n) is 6.32. The van der Waals surface area contributed by atoms with Crippen molar-refractivity contribution in [3.63, 3.8) is 0 Å². The van der Waals surface area contributed by atoms with Crippen molar-refractivity contribution in [2.24, 2.45) is 0 Å². The predicted molar refractivity (Wildman–Crippen MR) is 113 cm³/mol. The lowest BCUT2D eigenvalue weighted by atomic mass is 10.1. The molecule has 3 aromatic carbocycles. The molecule has 2 N–H and O–H groups in total. The Morgan fingerprint density at radius 3 is 1.90 bits per heavy atom. The van der Waals surface area contributed by atoms with Crippen molar-refractivity contribution in [3.05, 3.63) is 87.9 Å². The zero-order valence-corrected chi connectivity index (χ0v) is 17.7. The van der Waals surface area contributed by atoms with E-state index >= 15 is 0 Å². The summed E-state index contributed by atoms with van der Waals surface area (Å²) in [7, 11) is -4.22. The summed E-state index contributed by atoms with van der Waals surface area (Å²) in [6, 6.07) is 13.2. The molecule has 31 heavy (non-hydrogen) atoms. The zero-order valence-electron chi connectivity index (χ0n) is 15.4. The van der Waals surface area contributed by atoms with Crippen LogP contribution in [0.3, 0.4) is 0 Å². The Balaban J connectivity index is 1.95. The lowest BCUT2D eigenvalue weighted by Gasteiger charge is -2.14. The maximum absolute atomic E-state index is 13.3. The molecule has 0 aliphatic carbocycles. The van der Waals surface area contributed by atoms with Crippen LogP contribution >= 0.6 is 23.2 Å². The largest absolute Gasteiger partial charge is 0.416 e. The summed E-state index contributed by atoms with van der Waals surface area (Å²) < 4.78 is 67.2. The number of carbonyl (C=O) groups is 1. The number of hydrogen-bond acceptors (Lipinski definition) is 3. The van der Waals surface area contributed by atoms with Crippen molar-refractivity contribution in [1.29, 1.82) is 0 Å². The van der Waals surface area contributed by atoms with Gasteiger partial charge in [0, 0.05) is 21.3 Å². The Morgan fingerprint density at radius 2 is 1.35 bits per heavy atom. The number of amides is 1. The molecule has 0 bridgehead atoms. The molecule has 0 aliphatic heterocycles. The van der Waals surface area contributed by atoms with Crippen molar-refractivity contribution in [1.82, 2.24) is 0 Å². The van der Waals surface area contributed by atoms with E-state index in [0.29, 0.717) is 27.9 Å². The van der Waals surface area contributed by atoms with E-state index in [9.17, 15) is 26.4 Å². The molecular weight excluding hydrogens is 476 g/mol. The molecule has 0 aliphatic rings. The van der Waals surface area contributed by atoms with Gasteiger partial charge in [-0.2, -0.15) is 13.2 Å². The molecule has 0 aromatic heterocycles. The van der Waals surface area contributed by atoms with E-state index in [0.717, 1.165) is 6.07 Å². The molecule has 0 atom stereocenters. The van der Waals surface area contributed by atoms with Gasteiger partial charge in [0.2, 0.25) is 0 Å². The third-order valence-electron chi connectivity index (χ3n) is 4.00. The SMILES string of the molecule is O=C(Nc1ccc(Cl)cc1)c1cc(NS(=O)(=O)c2ccc(Cl)cc2)cc(C(F)(F)F)c1. The first-order valence-electron chi connectivity index (χ1n) is 8.52. The Bertz CT molecular complexity index is 1210. The van der Waals surface area contributed by atoms with Crippen molar-refractivity contribution in [2.45, 2.75) is 11.1 Å². The molecule has 11 heteroatoms. The minimum Gasteiger partial charge on any atom is -0.322 e. The highest BCUT2D eigenvalue weighted by Crippen LogP contribution is 2.33. The number of nitrogens with one attached hydrogen (secondary N) is 2. The van der Waals surface area contributed by atoms with Gasteiger partial charge in [0.25, 0.3) is 15.9 Å². The number of hydrogen-bond donors (Lipinski definition) is 2. The molecular formula is C20H13Cl2F3N2O3S. The lowest BCUT2D eigenvalue weighted by molar-refractivity contribution is -0.137. The van der Waals surface area contributed by atoms with E-state index in [1.54, 1.807) is 0 Å².